The molecule has 10 heavy (non-hydrogen) atoms. The Hall–Kier alpha value is -0.990. The van der Waals surface area contributed by atoms with Crippen molar-refractivity contribution in [1.82, 2.24) is 5.32 Å². The Morgan fingerprint density at radius 2 is 2.10 bits per heavy atom. The molecule has 0 aliphatic carbocycles. The smallest absolute Gasteiger partial charge is 0.0688 e. The van der Waals surface area contributed by atoms with Crippen LogP contribution in [-0.4, -0.2) is 13.3 Å². The molecule has 0 heterocycles. The van der Waals surface area contributed by atoms with E-state index in [0.29, 0.717) is 11.6 Å². The molecule has 3 heteroatoms. The number of hydrogen-bond acceptors (Lipinski definition) is 3. The van der Waals surface area contributed by atoms with E-state index >= 15 is 0 Å². The van der Waals surface area contributed by atoms with Gasteiger partial charge in [-0.2, -0.15) is 0 Å². The average molecular weight is 141 g/mol. The average Bonchev–Trinajstić information content (AvgIpc) is 1.88. The minimum atomic E-state index is 0.353. The van der Waals surface area contributed by atoms with Crippen molar-refractivity contribution in [2.75, 3.05) is 7.05 Å². The molecule has 3 nitrogen and oxygen atoms in total. The Labute approximate surface area is 61.8 Å². The second-order valence-electron chi connectivity index (χ2n) is 2.42. The molecule has 4 N–H and O–H groups in total. The number of rotatable bonds is 3. The highest BCUT2D eigenvalue weighted by atomic mass is 14.9. The van der Waals surface area contributed by atoms with Crippen molar-refractivity contribution < 1.29 is 0 Å². The van der Waals surface area contributed by atoms with Crippen LogP contribution in [0.5, 0.6) is 0 Å². The van der Waals surface area contributed by atoms with Gasteiger partial charge in [-0.05, 0) is 5.92 Å². The Bertz CT molecular complexity index is 147. The largest absolute Gasteiger partial charge is 0.396 e. The summed E-state index contributed by atoms with van der Waals surface area (Å²) in [5.41, 5.74) is 6.94. The number of hydrogen-bond donors (Lipinski definition) is 3. The second kappa shape index (κ2) is 3.93. The van der Waals surface area contributed by atoms with Gasteiger partial charge in [0.05, 0.1) is 5.70 Å². The van der Waals surface area contributed by atoms with Crippen LogP contribution < -0.4 is 11.1 Å². The quantitative estimate of drug-likeness (QED) is 0.506. The summed E-state index contributed by atoms with van der Waals surface area (Å²) in [6.45, 7) is 4.06. The minimum Gasteiger partial charge on any atom is -0.396 e. The van der Waals surface area contributed by atoms with E-state index in [9.17, 15) is 0 Å². The molecule has 0 saturated heterocycles. The Balaban J connectivity index is 4.45. The lowest BCUT2D eigenvalue weighted by atomic mass is 10.1. The van der Waals surface area contributed by atoms with E-state index in [1.165, 1.54) is 0 Å². The van der Waals surface area contributed by atoms with E-state index in [4.69, 9.17) is 11.1 Å². The van der Waals surface area contributed by atoms with E-state index in [1.54, 1.807) is 0 Å². The van der Waals surface area contributed by atoms with Crippen LogP contribution in [0, 0.1) is 11.3 Å². The fraction of sp³-hybridized carbons (Fsp3) is 0.571. The van der Waals surface area contributed by atoms with Gasteiger partial charge in [0.1, 0.15) is 0 Å². The van der Waals surface area contributed by atoms with Crippen LogP contribution in [0.4, 0.5) is 0 Å². The molecule has 0 bridgehead atoms. The zero-order chi connectivity index (χ0) is 8.15. The summed E-state index contributed by atoms with van der Waals surface area (Å²) in [5, 5.41) is 9.84. The second-order valence-corrected chi connectivity index (χ2v) is 2.42. The van der Waals surface area contributed by atoms with Crippen LogP contribution in [0.3, 0.4) is 0 Å². The van der Waals surface area contributed by atoms with Crippen LogP contribution in [0.15, 0.2) is 11.4 Å². The molecule has 0 aromatic rings. The van der Waals surface area contributed by atoms with Crippen LogP contribution >= 0.6 is 0 Å². The lowest BCUT2D eigenvalue weighted by Crippen LogP contribution is -2.19. The van der Waals surface area contributed by atoms with E-state index in [2.05, 4.69) is 5.32 Å². The molecular formula is C7H15N3. The van der Waals surface area contributed by atoms with Crippen LogP contribution in [-0.2, 0) is 0 Å². The van der Waals surface area contributed by atoms with Crippen molar-refractivity contribution >= 4 is 6.21 Å². The number of nitrogens with one attached hydrogen (secondary N) is 2. The molecule has 0 amide bonds. The standard InChI is InChI=1S/C7H15N3/c1-5(2)7(10-3)6(9)4-8/h4-5,8,10H,9H2,1-3H3/b7-6+,8-4?. The first-order chi connectivity index (χ1) is 4.63. The molecule has 0 radical (unpaired) electrons. The fourth-order valence-corrected chi connectivity index (χ4v) is 0.844. The Morgan fingerprint density at radius 1 is 1.60 bits per heavy atom. The maximum atomic E-state index is 6.89. The first kappa shape index (κ1) is 9.01. The summed E-state index contributed by atoms with van der Waals surface area (Å²) in [6, 6.07) is 0. The third kappa shape index (κ3) is 2.09. The van der Waals surface area contributed by atoms with Crippen LogP contribution in [0.1, 0.15) is 13.8 Å². The van der Waals surface area contributed by atoms with E-state index in [-0.39, 0.29) is 0 Å². The van der Waals surface area contributed by atoms with Crippen LogP contribution in [0.25, 0.3) is 0 Å². The van der Waals surface area contributed by atoms with Gasteiger partial charge in [0.2, 0.25) is 0 Å². The van der Waals surface area contributed by atoms with Crippen LogP contribution in [0.2, 0.25) is 0 Å². The zero-order valence-electron chi connectivity index (χ0n) is 6.73. The molecule has 0 aliphatic rings. The van der Waals surface area contributed by atoms with Crippen molar-refractivity contribution in [3.05, 3.63) is 11.4 Å². The van der Waals surface area contributed by atoms with Gasteiger partial charge in [-0.25, -0.2) is 0 Å². The maximum Gasteiger partial charge on any atom is 0.0688 e. The summed E-state index contributed by atoms with van der Waals surface area (Å²) in [5.74, 6) is 0.353. The van der Waals surface area contributed by atoms with Gasteiger partial charge in [0, 0.05) is 19.0 Å². The van der Waals surface area contributed by atoms with Crippen molar-refractivity contribution in [2.24, 2.45) is 11.7 Å². The maximum absolute atomic E-state index is 6.89. The molecule has 0 atom stereocenters. The molecule has 0 rings (SSSR count). The third-order valence-electron chi connectivity index (χ3n) is 1.31. The first-order valence-electron chi connectivity index (χ1n) is 3.31. The summed E-state index contributed by atoms with van der Waals surface area (Å²) >= 11 is 0. The van der Waals surface area contributed by atoms with Crippen molar-refractivity contribution in [1.29, 1.82) is 5.41 Å². The Morgan fingerprint density at radius 3 is 2.20 bits per heavy atom. The topological polar surface area (TPSA) is 61.9 Å². The fourth-order valence-electron chi connectivity index (χ4n) is 0.844. The Kier molecular flexibility index (Phi) is 3.54. The van der Waals surface area contributed by atoms with Crippen molar-refractivity contribution in [2.45, 2.75) is 13.8 Å². The van der Waals surface area contributed by atoms with Gasteiger partial charge in [-0.15, -0.1) is 0 Å². The normalized spacial score (nSPS) is 12.8. The predicted molar refractivity (Wildman–Crippen MR) is 43.9 cm³/mol. The van der Waals surface area contributed by atoms with Gasteiger partial charge < -0.3 is 16.5 Å². The zero-order valence-corrected chi connectivity index (χ0v) is 6.73. The van der Waals surface area contributed by atoms with E-state index < -0.39 is 0 Å². The number of nitrogens with two attached hydrogens (primary N) is 1. The van der Waals surface area contributed by atoms with E-state index in [1.807, 2.05) is 20.9 Å². The molecule has 0 fully saturated rings. The SMILES string of the molecule is CN/C(=C(/N)C=N)C(C)C. The number of allylic oxidation sites excluding steroid dienone is 2. The summed E-state index contributed by atoms with van der Waals surface area (Å²) in [4.78, 5) is 0. The molecule has 0 aliphatic heterocycles. The summed E-state index contributed by atoms with van der Waals surface area (Å²) in [7, 11) is 1.81. The highest BCUT2D eigenvalue weighted by Gasteiger charge is 2.02. The molecule has 0 aromatic carbocycles. The van der Waals surface area contributed by atoms with Gasteiger partial charge in [0.25, 0.3) is 0 Å². The highest BCUT2D eigenvalue weighted by Crippen LogP contribution is 2.05. The lowest BCUT2D eigenvalue weighted by molar-refractivity contribution is 0.691. The molecule has 0 unspecified atom stereocenters. The van der Waals surface area contributed by atoms with Gasteiger partial charge >= 0.3 is 0 Å². The first-order valence-corrected chi connectivity index (χ1v) is 3.31. The third-order valence-corrected chi connectivity index (χ3v) is 1.31. The molecular weight excluding hydrogens is 126 g/mol. The molecule has 58 valence electrons. The molecule has 0 spiro atoms. The van der Waals surface area contributed by atoms with Crippen molar-refractivity contribution in [3.8, 4) is 0 Å². The predicted octanol–water partition coefficient (Wildman–Crippen LogP) is 0.682. The molecule has 0 saturated carbocycles. The summed E-state index contributed by atoms with van der Waals surface area (Å²) in [6.07, 6.45) is 1.16. The van der Waals surface area contributed by atoms with Crippen molar-refractivity contribution in [3.63, 3.8) is 0 Å². The highest BCUT2D eigenvalue weighted by molar-refractivity contribution is 5.75. The van der Waals surface area contributed by atoms with Gasteiger partial charge in [-0.3, -0.25) is 0 Å². The lowest BCUT2D eigenvalue weighted by Gasteiger charge is -2.11. The minimum absolute atomic E-state index is 0.353. The monoisotopic (exact) mass is 141 g/mol. The van der Waals surface area contributed by atoms with Gasteiger partial charge in [-0.1, -0.05) is 13.8 Å². The summed E-state index contributed by atoms with van der Waals surface area (Å²) < 4.78 is 0. The molecule has 0 aromatic heterocycles. The van der Waals surface area contributed by atoms with E-state index in [0.717, 1.165) is 11.9 Å². The van der Waals surface area contributed by atoms with Gasteiger partial charge in [0.15, 0.2) is 0 Å².